The Kier molecular flexibility index (Phi) is 2.76. The lowest BCUT2D eigenvalue weighted by molar-refractivity contribution is 0.385. The topological polar surface area (TPSA) is 82.8 Å². The van der Waals surface area contributed by atoms with E-state index < -0.39 is 0 Å². The summed E-state index contributed by atoms with van der Waals surface area (Å²) in [5.41, 5.74) is 9.87. The predicted octanol–water partition coefficient (Wildman–Crippen LogP) is 3.44. The normalized spacial score (nSPS) is 15.1. The molecule has 114 valence electrons. The van der Waals surface area contributed by atoms with Crippen molar-refractivity contribution in [2.24, 2.45) is 0 Å². The van der Waals surface area contributed by atoms with Gasteiger partial charge >= 0.3 is 0 Å². The molecule has 1 aliphatic rings. The number of anilines is 1. The zero-order valence-electron chi connectivity index (χ0n) is 13.0. The molecule has 1 saturated carbocycles. The van der Waals surface area contributed by atoms with Gasteiger partial charge in [0.05, 0.1) is 5.39 Å². The monoisotopic (exact) mass is 297 g/mol. The van der Waals surface area contributed by atoms with Gasteiger partial charge in [-0.25, -0.2) is 9.97 Å². The number of nitrogen functional groups attached to an aromatic ring is 1. The van der Waals surface area contributed by atoms with E-state index in [-0.39, 0.29) is 6.04 Å². The van der Waals surface area contributed by atoms with E-state index in [0.717, 1.165) is 33.6 Å². The van der Waals surface area contributed by atoms with E-state index in [1.54, 1.807) is 0 Å². The summed E-state index contributed by atoms with van der Waals surface area (Å²) in [6, 6.07) is 0.278. The van der Waals surface area contributed by atoms with E-state index in [2.05, 4.69) is 46.7 Å². The largest absolute Gasteiger partial charge is 0.383 e. The molecular weight excluding hydrogens is 278 g/mol. The Hall–Kier alpha value is -2.37. The maximum atomic E-state index is 6.11. The van der Waals surface area contributed by atoms with Gasteiger partial charge in [0.15, 0.2) is 0 Å². The Labute approximate surface area is 128 Å². The molecule has 4 rings (SSSR count). The second-order valence-electron chi connectivity index (χ2n) is 6.30. The molecule has 0 unspecified atom stereocenters. The highest BCUT2D eigenvalue weighted by atomic mass is 16.5. The first kappa shape index (κ1) is 13.3. The molecule has 0 bridgehead atoms. The highest BCUT2D eigenvalue weighted by molar-refractivity contribution is 6.00. The predicted molar refractivity (Wildman–Crippen MR) is 84.5 cm³/mol. The van der Waals surface area contributed by atoms with E-state index in [1.165, 1.54) is 19.2 Å². The van der Waals surface area contributed by atoms with Crippen LogP contribution in [0.25, 0.3) is 22.3 Å². The zero-order chi connectivity index (χ0) is 15.4. The van der Waals surface area contributed by atoms with Crippen LogP contribution in [0.5, 0.6) is 0 Å². The fraction of sp³-hybridized carbons (Fsp3) is 0.438. The van der Waals surface area contributed by atoms with E-state index >= 15 is 0 Å². The SMILES string of the molecule is Cc1c(-c2cn(C(C)C)c3ncnc(N)c23)noc1C1CC1. The van der Waals surface area contributed by atoms with E-state index in [4.69, 9.17) is 10.3 Å². The Morgan fingerprint density at radius 3 is 2.77 bits per heavy atom. The van der Waals surface area contributed by atoms with Gasteiger partial charge in [0.1, 0.15) is 29.2 Å². The number of nitrogens with two attached hydrogens (primary N) is 1. The molecule has 6 nitrogen and oxygen atoms in total. The van der Waals surface area contributed by atoms with Crippen LogP contribution in [0, 0.1) is 6.92 Å². The number of hydrogen-bond donors (Lipinski definition) is 1. The molecule has 0 radical (unpaired) electrons. The van der Waals surface area contributed by atoms with Crippen LogP contribution in [-0.2, 0) is 0 Å². The van der Waals surface area contributed by atoms with E-state index in [9.17, 15) is 0 Å². The molecule has 3 aromatic heterocycles. The van der Waals surface area contributed by atoms with Crippen molar-refractivity contribution in [2.75, 3.05) is 5.73 Å². The number of nitrogens with zero attached hydrogens (tertiary/aromatic N) is 4. The van der Waals surface area contributed by atoms with Crippen LogP contribution in [0.15, 0.2) is 17.0 Å². The second-order valence-corrected chi connectivity index (χ2v) is 6.30. The lowest BCUT2D eigenvalue weighted by Crippen LogP contribution is -2.00. The minimum absolute atomic E-state index is 0.278. The van der Waals surface area contributed by atoms with Crippen molar-refractivity contribution in [1.82, 2.24) is 19.7 Å². The Balaban J connectivity index is 1.98. The quantitative estimate of drug-likeness (QED) is 0.800. The van der Waals surface area contributed by atoms with Gasteiger partial charge in [-0.15, -0.1) is 0 Å². The number of aromatic nitrogens is 4. The molecule has 0 atom stereocenters. The molecule has 1 fully saturated rings. The molecule has 6 heteroatoms. The third-order valence-electron chi connectivity index (χ3n) is 4.36. The third-order valence-corrected chi connectivity index (χ3v) is 4.36. The Morgan fingerprint density at radius 1 is 1.32 bits per heavy atom. The highest BCUT2D eigenvalue weighted by Gasteiger charge is 2.32. The van der Waals surface area contributed by atoms with Gasteiger partial charge < -0.3 is 14.8 Å². The third kappa shape index (κ3) is 1.83. The lowest BCUT2D eigenvalue weighted by atomic mass is 10.1. The molecule has 3 heterocycles. The molecule has 0 saturated heterocycles. The maximum Gasteiger partial charge on any atom is 0.146 e. The van der Waals surface area contributed by atoms with Gasteiger partial charge in [0.25, 0.3) is 0 Å². The van der Waals surface area contributed by atoms with Crippen LogP contribution in [-0.4, -0.2) is 19.7 Å². The molecular formula is C16H19N5O. The van der Waals surface area contributed by atoms with E-state index in [0.29, 0.717) is 11.7 Å². The average molecular weight is 297 g/mol. The summed E-state index contributed by atoms with van der Waals surface area (Å²) in [4.78, 5) is 8.55. The van der Waals surface area contributed by atoms with Gasteiger partial charge in [-0.05, 0) is 33.6 Å². The van der Waals surface area contributed by atoms with Crippen LogP contribution in [0.2, 0.25) is 0 Å². The smallest absolute Gasteiger partial charge is 0.146 e. The van der Waals surface area contributed by atoms with Crippen LogP contribution >= 0.6 is 0 Å². The van der Waals surface area contributed by atoms with Gasteiger partial charge in [-0.3, -0.25) is 0 Å². The van der Waals surface area contributed by atoms with Crippen molar-refractivity contribution in [3.8, 4) is 11.3 Å². The molecule has 1 aliphatic carbocycles. The summed E-state index contributed by atoms with van der Waals surface area (Å²) in [7, 11) is 0. The summed E-state index contributed by atoms with van der Waals surface area (Å²) in [5.74, 6) is 2.03. The van der Waals surface area contributed by atoms with Crippen LogP contribution in [0.1, 0.15) is 50.0 Å². The summed E-state index contributed by atoms with van der Waals surface area (Å²) < 4.78 is 7.70. The summed E-state index contributed by atoms with van der Waals surface area (Å²) in [5, 5.41) is 5.17. The number of rotatable bonds is 3. The molecule has 3 aromatic rings. The van der Waals surface area contributed by atoms with Crippen LogP contribution < -0.4 is 5.73 Å². The van der Waals surface area contributed by atoms with Crippen LogP contribution in [0.3, 0.4) is 0 Å². The summed E-state index contributed by atoms with van der Waals surface area (Å²) in [6.07, 6.45) is 5.94. The fourth-order valence-electron chi connectivity index (χ4n) is 3.01. The number of fused-ring (bicyclic) bond motifs is 1. The standard InChI is InChI=1S/C16H19N5O/c1-8(2)21-6-11(12-15(17)18-7-19-16(12)21)13-9(3)14(22-20-13)10-4-5-10/h6-8,10H,4-5H2,1-3H3,(H2,17,18,19). The lowest BCUT2D eigenvalue weighted by Gasteiger charge is -2.07. The maximum absolute atomic E-state index is 6.11. The Morgan fingerprint density at radius 2 is 2.09 bits per heavy atom. The number of hydrogen-bond acceptors (Lipinski definition) is 5. The van der Waals surface area contributed by atoms with Crippen molar-refractivity contribution in [3.63, 3.8) is 0 Å². The first-order valence-electron chi connectivity index (χ1n) is 7.65. The molecule has 0 spiro atoms. The minimum Gasteiger partial charge on any atom is -0.383 e. The van der Waals surface area contributed by atoms with Gasteiger partial charge in [0, 0.05) is 29.3 Å². The van der Waals surface area contributed by atoms with Crippen molar-refractivity contribution >= 4 is 16.9 Å². The van der Waals surface area contributed by atoms with Crippen molar-refractivity contribution < 1.29 is 4.52 Å². The highest BCUT2D eigenvalue weighted by Crippen LogP contribution is 2.44. The van der Waals surface area contributed by atoms with Gasteiger partial charge in [-0.1, -0.05) is 5.16 Å². The van der Waals surface area contributed by atoms with Gasteiger partial charge in [0.2, 0.25) is 0 Å². The van der Waals surface area contributed by atoms with Crippen molar-refractivity contribution in [2.45, 2.75) is 45.6 Å². The zero-order valence-corrected chi connectivity index (χ0v) is 13.0. The molecule has 0 aromatic carbocycles. The first-order chi connectivity index (χ1) is 10.6. The summed E-state index contributed by atoms with van der Waals surface area (Å²) in [6.45, 7) is 6.30. The fourth-order valence-corrected chi connectivity index (χ4v) is 3.01. The average Bonchev–Trinajstić information content (AvgIpc) is 3.13. The van der Waals surface area contributed by atoms with Gasteiger partial charge in [-0.2, -0.15) is 0 Å². The first-order valence-corrected chi connectivity index (χ1v) is 7.65. The molecule has 0 aliphatic heterocycles. The minimum atomic E-state index is 0.278. The summed E-state index contributed by atoms with van der Waals surface area (Å²) >= 11 is 0. The van der Waals surface area contributed by atoms with E-state index in [1.807, 2.05) is 0 Å². The van der Waals surface area contributed by atoms with Crippen LogP contribution in [0.4, 0.5) is 5.82 Å². The molecule has 0 amide bonds. The molecule has 2 N–H and O–H groups in total. The Bertz CT molecular complexity index is 857. The van der Waals surface area contributed by atoms with Crippen molar-refractivity contribution in [3.05, 3.63) is 23.8 Å². The van der Waals surface area contributed by atoms with Crippen molar-refractivity contribution in [1.29, 1.82) is 0 Å². The molecule has 22 heavy (non-hydrogen) atoms. The second kappa shape index (κ2) is 4.56.